The average Bonchev–Trinajstić information content (AvgIpc) is 3.35. The number of carbonyl (C=O) groups excluding carboxylic acids is 2. The van der Waals surface area contributed by atoms with Crippen molar-refractivity contribution >= 4 is 40.5 Å². The molecule has 0 bridgehead atoms. The van der Waals surface area contributed by atoms with Gasteiger partial charge in [0.05, 0.1) is 12.1 Å². The number of nitrogens with zero attached hydrogens (tertiary/aromatic N) is 1. The lowest BCUT2D eigenvalue weighted by molar-refractivity contribution is -0.146. The predicted molar refractivity (Wildman–Crippen MR) is 108 cm³/mol. The van der Waals surface area contributed by atoms with Gasteiger partial charge in [-0.05, 0) is 24.3 Å². The zero-order valence-electron chi connectivity index (χ0n) is 15.0. The van der Waals surface area contributed by atoms with Crippen molar-refractivity contribution in [2.24, 2.45) is 0 Å². The third-order valence-corrected chi connectivity index (χ3v) is 5.14. The molecule has 4 rings (SSSR count). The van der Waals surface area contributed by atoms with Crippen LogP contribution in [0.4, 0.5) is 5.69 Å². The number of halogens is 1. The third-order valence-electron chi connectivity index (χ3n) is 3.97. The molecule has 148 valence electrons. The molecule has 1 aliphatic heterocycles. The number of thiazole rings is 1. The fourth-order valence-electron chi connectivity index (χ4n) is 2.66. The Kier molecular flexibility index (Phi) is 5.64. The lowest BCUT2D eigenvalue weighted by atomic mass is 10.2. The summed E-state index contributed by atoms with van der Waals surface area (Å²) in [5.41, 5.74) is 1.98. The molecule has 0 aliphatic carbocycles. The van der Waals surface area contributed by atoms with E-state index in [1.54, 1.807) is 29.6 Å². The minimum absolute atomic E-state index is 0.0195. The van der Waals surface area contributed by atoms with E-state index in [1.165, 1.54) is 11.3 Å². The van der Waals surface area contributed by atoms with Gasteiger partial charge in [0.2, 0.25) is 6.79 Å². The molecule has 0 atom stereocenters. The first-order valence-electron chi connectivity index (χ1n) is 8.62. The minimum atomic E-state index is -0.534. The maximum atomic E-state index is 12.0. The molecule has 29 heavy (non-hydrogen) atoms. The molecule has 0 unspecified atom stereocenters. The normalized spacial score (nSPS) is 11.9. The van der Waals surface area contributed by atoms with Crippen LogP contribution in [-0.2, 0) is 20.7 Å². The molecule has 3 aromatic rings. The van der Waals surface area contributed by atoms with Gasteiger partial charge in [0.25, 0.3) is 5.91 Å². The number of hydrogen-bond acceptors (Lipinski definition) is 7. The number of carbonyl (C=O) groups is 2. The van der Waals surface area contributed by atoms with Gasteiger partial charge in [-0.2, -0.15) is 0 Å². The van der Waals surface area contributed by atoms with E-state index in [0.717, 1.165) is 10.6 Å². The molecule has 0 spiro atoms. The zero-order chi connectivity index (χ0) is 20.2. The van der Waals surface area contributed by atoms with Crippen LogP contribution in [0, 0.1) is 0 Å². The van der Waals surface area contributed by atoms with Crippen molar-refractivity contribution in [1.82, 2.24) is 4.98 Å². The van der Waals surface area contributed by atoms with Crippen LogP contribution in [0.3, 0.4) is 0 Å². The number of esters is 1. The number of nitrogens with one attached hydrogen (secondary N) is 1. The van der Waals surface area contributed by atoms with Gasteiger partial charge in [-0.25, -0.2) is 4.98 Å². The maximum Gasteiger partial charge on any atom is 0.312 e. The van der Waals surface area contributed by atoms with E-state index >= 15 is 0 Å². The summed E-state index contributed by atoms with van der Waals surface area (Å²) in [6.07, 6.45) is -0.0195. The van der Waals surface area contributed by atoms with E-state index < -0.39 is 18.5 Å². The van der Waals surface area contributed by atoms with Crippen molar-refractivity contribution in [3.05, 3.63) is 58.6 Å². The number of fused-ring (bicyclic) bond motifs is 1. The van der Waals surface area contributed by atoms with Crippen molar-refractivity contribution in [2.45, 2.75) is 6.42 Å². The van der Waals surface area contributed by atoms with E-state index in [9.17, 15) is 9.59 Å². The Morgan fingerprint density at radius 3 is 2.90 bits per heavy atom. The molecule has 0 radical (unpaired) electrons. The fourth-order valence-corrected chi connectivity index (χ4v) is 3.67. The fraction of sp³-hybridized carbons (Fsp3) is 0.150. The smallest absolute Gasteiger partial charge is 0.312 e. The molecule has 7 nitrogen and oxygen atoms in total. The summed E-state index contributed by atoms with van der Waals surface area (Å²) >= 11 is 7.40. The molecule has 1 N–H and O–H groups in total. The van der Waals surface area contributed by atoms with E-state index in [1.807, 2.05) is 18.2 Å². The number of amides is 1. The van der Waals surface area contributed by atoms with Crippen LogP contribution in [0.25, 0.3) is 10.6 Å². The van der Waals surface area contributed by atoms with Gasteiger partial charge in [-0.3, -0.25) is 9.59 Å². The Morgan fingerprint density at radius 1 is 1.17 bits per heavy atom. The van der Waals surface area contributed by atoms with Crippen LogP contribution < -0.4 is 14.8 Å². The first-order chi connectivity index (χ1) is 14.1. The minimum Gasteiger partial charge on any atom is -0.455 e. The average molecular weight is 431 g/mol. The summed E-state index contributed by atoms with van der Waals surface area (Å²) in [5.74, 6) is 0.192. The van der Waals surface area contributed by atoms with Crippen LogP contribution in [0.15, 0.2) is 47.8 Å². The van der Waals surface area contributed by atoms with Gasteiger partial charge in [-0.15, -0.1) is 11.3 Å². The Balaban J connectivity index is 1.27. The van der Waals surface area contributed by atoms with Crippen molar-refractivity contribution in [1.29, 1.82) is 0 Å². The molecule has 9 heteroatoms. The topological polar surface area (TPSA) is 86.8 Å². The molecular weight excluding hydrogens is 416 g/mol. The molecule has 1 aliphatic rings. The highest BCUT2D eigenvalue weighted by atomic mass is 35.5. The van der Waals surface area contributed by atoms with E-state index in [0.29, 0.717) is 27.9 Å². The largest absolute Gasteiger partial charge is 0.455 e. The highest BCUT2D eigenvalue weighted by Crippen LogP contribution is 2.34. The van der Waals surface area contributed by atoms with Crippen molar-refractivity contribution in [3.8, 4) is 22.1 Å². The quantitative estimate of drug-likeness (QED) is 0.596. The van der Waals surface area contributed by atoms with Gasteiger partial charge in [0.15, 0.2) is 18.1 Å². The second kappa shape index (κ2) is 8.50. The summed E-state index contributed by atoms with van der Waals surface area (Å²) < 4.78 is 15.5. The molecular formula is C20H15ClN2O5S. The predicted octanol–water partition coefficient (Wildman–Crippen LogP) is 3.92. The molecule has 1 amide bonds. The van der Waals surface area contributed by atoms with E-state index in [4.69, 9.17) is 25.8 Å². The summed E-state index contributed by atoms with van der Waals surface area (Å²) in [7, 11) is 0. The Morgan fingerprint density at radius 2 is 2.03 bits per heavy atom. The number of aromatic nitrogens is 1. The first kappa shape index (κ1) is 19.2. The molecule has 1 aromatic heterocycles. The summed E-state index contributed by atoms with van der Waals surface area (Å²) in [6.45, 7) is -0.238. The summed E-state index contributed by atoms with van der Waals surface area (Å²) in [6, 6.07) is 12.4. The lowest BCUT2D eigenvalue weighted by Gasteiger charge is -2.07. The van der Waals surface area contributed by atoms with Crippen LogP contribution in [0.5, 0.6) is 11.5 Å². The second-order valence-corrected chi connectivity index (χ2v) is 7.40. The summed E-state index contributed by atoms with van der Waals surface area (Å²) in [5, 5.41) is 5.80. The molecule has 0 saturated carbocycles. The standard InChI is InChI=1S/C20H15ClN2O5S/c21-13-3-1-2-12(6-13)20-23-15(10-29-20)8-19(25)26-9-18(24)22-14-4-5-16-17(7-14)28-11-27-16/h1-7,10H,8-9,11H2,(H,22,24). The van der Waals surface area contributed by atoms with Gasteiger partial charge in [0, 0.05) is 27.7 Å². The molecule has 2 aromatic carbocycles. The van der Waals surface area contributed by atoms with Crippen molar-refractivity contribution < 1.29 is 23.8 Å². The van der Waals surface area contributed by atoms with Crippen LogP contribution in [0.2, 0.25) is 5.02 Å². The molecule has 0 fully saturated rings. The van der Waals surface area contributed by atoms with Crippen LogP contribution in [-0.4, -0.2) is 30.3 Å². The Hall–Kier alpha value is -3.10. The first-order valence-corrected chi connectivity index (χ1v) is 9.88. The van der Waals surface area contributed by atoms with Gasteiger partial charge in [-0.1, -0.05) is 23.7 Å². The lowest BCUT2D eigenvalue weighted by Crippen LogP contribution is -2.21. The van der Waals surface area contributed by atoms with Crippen LogP contribution >= 0.6 is 22.9 Å². The SMILES string of the molecule is O=C(COC(=O)Cc1csc(-c2cccc(Cl)c2)n1)Nc1ccc2c(c1)OCO2. The molecule has 2 heterocycles. The maximum absolute atomic E-state index is 12.0. The second-order valence-electron chi connectivity index (χ2n) is 6.11. The molecule has 0 saturated heterocycles. The number of ether oxygens (including phenoxy) is 3. The Labute approximate surface area is 175 Å². The highest BCUT2D eigenvalue weighted by molar-refractivity contribution is 7.13. The van der Waals surface area contributed by atoms with Crippen LogP contribution in [0.1, 0.15) is 5.69 Å². The van der Waals surface area contributed by atoms with Gasteiger partial charge < -0.3 is 19.5 Å². The van der Waals surface area contributed by atoms with E-state index in [2.05, 4.69) is 10.3 Å². The number of benzene rings is 2. The highest BCUT2D eigenvalue weighted by Gasteiger charge is 2.15. The van der Waals surface area contributed by atoms with E-state index in [-0.39, 0.29) is 13.2 Å². The number of rotatable bonds is 6. The third kappa shape index (κ3) is 4.85. The van der Waals surface area contributed by atoms with Gasteiger partial charge in [0.1, 0.15) is 5.01 Å². The van der Waals surface area contributed by atoms with Gasteiger partial charge >= 0.3 is 5.97 Å². The zero-order valence-corrected chi connectivity index (χ0v) is 16.6. The monoisotopic (exact) mass is 430 g/mol. The number of anilines is 1. The number of hydrogen-bond donors (Lipinski definition) is 1. The van der Waals surface area contributed by atoms with Crippen molar-refractivity contribution in [3.63, 3.8) is 0 Å². The Bertz CT molecular complexity index is 1070. The van der Waals surface area contributed by atoms with Crippen molar-refractivity contribution in [2.75, 3.05) is 18.7 Å². The summed E-state index contributed by atoms with van der Waals surface area (Å²) in [4.78, 5) is 28.5.